The van der Waals surface area contributed by atoms with Gasteiger partial charge in [-0.2, -0.15) is 0 Å². The molecule has 0 amide bonds. The Morgan fingerprint density at radius 2 is 1.60 bits per heavy atom. The van der Waals surface area contributed by atoms with Crippen LogP contribution in [-0.2, 0) is 17.9 Å². The molecule has 0 atom stereocenters. The second-order valence-corrected chi connectivity index (χ2v) is 7.96. The Kier molecular flexibility index (Phi) is 9.06. The topological polar surface area (TPSA) is 99.9 Å². The molecule has 0 spiro atoms. The highest BCUT2D eigenvalue weighted by Gasteiger charge is 2.13. The molecule has 0 aliphatic rings. The highest BCUT2D eigenvalue weighted by Crippen LogP contribution is 2.18. The molecule has 8 heteroatoms. The van der Waals surface area contributed by atoms with E-state index in [1.54, 1.807) is 26.4 Å². The van der Waals surface area contributed by atoms with Gasteiger partial charge in [-0.05, 0) is 54.3 Å². The standard InChI is InChI=1S/C27H30N2O6/c1-4-5-6-21(27(31)32)15-22-16-25(35-18-20-9-13-24(34-3)14-10-20)28-29(26(22)30)17-19-7-11-23(33-2)12-8-19/h7-16H,4-6,17-18H2,1-3H3,(H,31,32). The fraction of sp³-hybridized carbons (Fsp3) is 0.296. The molecule has 0 unspecified atom stereocenters. The maximum Gasteiger partial charge on any atom is 0.331 e. The molecule has 0 aliphatic heterocycles. The molecule has 0 radical (unpaired) electrons. The first-order valence-corrected chi connectivity index (χ1v) is 11.4. The van der Waals surface area contributed by atoms with Gasteiger partial charge in [-0.3, -0.25) is 4.79 Å². The van der Waals surface area contributed by atoms with Gasteiger partial charge in [0.15, 0.2) is 0 Å². The molecule has 1 N–H and O–H groups in total. The molecular weight excluding hydrogens is 448 g/mol. The minimum absolute atomic E-state index is 0.173. The molecule has 3 aromatic rings. The lowest BCUT2D eigenvalue weighted by molar-refractivity contribution is -0.132. The third-order valence-corrected chi connectivity index (χ3v) is 5.42. The van der Waals surface area contributed by atoms with Crippen molar-refractivity contribution in [1.29, 1.82) is 0 Å². The van der Waals surface area contributed by atoms with E-state index >= 15 is 0 Å². The van der Waals surface area contributed by atoms with Crippen LogP contribution in [0.2, 0.25) is 0 Å². The average molecular weight is 479 g/mol. The zero-order valence-electron chi connectivity index (χ0n) is 20.2. The summed E-state index contributed by atoms with van der Waals surface area (Å²) in [6.07, 6.45) is 3.35. The molecule has 0 saturated heterocycles. The van der Waals surface area contributed by atoms with Crippen molar-refractivity contribution in [3.63, 3.8) is 0 Å². The fourth-order valence-corrected chi connectivity index (χ4v) is 3.40. The molecule has 1 heterocycles. The van der Waals surface area contributed by atoms with Crippen LogP contribution in [0.4, 0.5) is 0 Å². The van der Waals surface area contributed by atoms with E-state index in [1.165, 1.54) is 16.8 Å². The summed E-state index contributed by atoms with van der Waals surface area (Å²) in [7, 11) is 3.18. The molecule has 184 valence electrons. The zero-order chi connectivity index (χ0) is 25.2. The fourth-order valence-electron chi connectivity index (χ4n) is 3.40. The second-order valence-electron chi connectivity index (χ2n) is 7.96. The Morgan fingerprint density at radius 1 is 1.00 bits per heavy atom. The minimum Gasteiger partial charge on any atom is -0.497 e. The smallest absolute Gasteiger partial charge is 0.331 e. The van der Waals surface area contributed by atoms with E-state index in [9.17, 15) is 14.7 Å². The summed E-state index contributed by atoms with van der Waals surface area (Å²) in [5, 5.41) is 14.0. The Hall–Kier alpha value is -4.07. The van der Waals surface area contributed by atoms with E-state index < -0.39 is 11.5 Å². The van der Waals surface area contributed by atoms with Crippen molar-refractivity contribution in [3.05, 3.63) is 87.2 Å². The number of hydrogen-bond donors (Lipinski definition) is 1. The van der Waals surface area contributed by atoms with Crippen molar-refractivity contribution in [3.8, 4) is 17.4 Å². The van der Waals surface area contributed by atoms with Crippen molar-refractivity contribution >= 4 is 12.0 Å². The molecule has 1 aromatic heterocycles. The number of methoxy groups -OCH3 is 2. The third kappa shape index (κ3) is 7.20. The highest BCUT2D eigenvalue weighted by molar-refractivity contribution is 5.92. The number of carbonyl (C=O) groups is 1. The third-order valence-electron chi connectivity index (χ3n) is 5.42. The summed E-state index contributed by atoms with van der Waals surface area (Å²) in [4.78, 5) is 25.0. The van der Waals surface area contributed by atoms with Gasteiger partial charge in [0, 0.05) is 17.2 Å². The van der Waals surface area contributed by atoms with Crippen molar-refractivity contribution in [2.24, 2.45) is 0 Å². The molecule has 0 saturated carbocycles. The van der Waals surface area contributed by atoms with Gasteiger partial charge in [0.25, 0.3) is 5.56 Å². The first-order chi connectivity index (χ1) is 16.9. The van der Waals surface area contributed by atoms with Crippen LogP contribution in [0.25, 0.3) is 6.08 Å². The van der Waals surface area contributed by atoms with Crippen LogP contribution in [0.5, 0.6) is 17.4 Å². The van der Waals surface area contributed by atoms with Crippen LogP contribution >= 0.6 is 0 Å². The molecule has 0 bridgehead atoms. The van der Waals surface area contributed by atoms with Gasteiger partial charge in [-0.15, -0.1) is 5.10 Å². The van der Waals surface area contributed by atoms with Crippen LogP contribution in [0.3, 0.4) is 0 Å². The number of aliphatic carboxylic acids is 1. The molecule has 8 nitrogen and oxygen atoms in total. The van der Waals surface area contributed by atoms with Gasteiger partial charge in [-0.1, -0.05) is 37.6 Å². The number of carboxylic acid groups (broad SMARTS) is 1. The molecule has 35 heavy (non-hydrogen) atoms. The zero-order valence-corrected chi connectivity index (χ0v) is 20.2. The van der Waals surface area contributed by atoms with Crippen molar-refractivity contribution in [2.45, 2.75) is 39.3 Å². The quantitative estimate of drug-likeness (QED) is 0.381. The number of hydrogen-bond acceptors (Lipinski definition) is 6. The molecule has 0 aliphatic carbocycles. The van der Waals surface area contributed by atoms with Gasteiger partial charge < -0.3 is 19.3 Å². The monoisotopic (exact) mass is 478 g/mol. The van der Waals surface area contributed by atoms with Crippen molar-refractivity contribution in [1.82, 2.24) is 9.78 Å². The maximum atomic E-state index is 13.2. The normalized spacial score (nSPS) is 11.2. The summed E-state index contributed by atoms with van der Waals surface area (Å²) in [6, 6.07) is 16.2. The van der Waals surface area contributed by atoms with E-state index in [2.05, 4.69) is 5.10 Å². The predicted octanol–water partition coefficient (Wildman–Crippen LogP) is 4.55. The summed E-state index contributed by atoms with van der Waals surface area (Å²) in [5.41, 5.74) is 1.73. The Labute approximate surface area is 204 Å². The number of nitrogens with zero attached hydrogens (tertiary/aromatic N) is 2. The van der Waals surface area contributed by atoms with Crippen molar-refractivity contribution in [2.75, 3.05) is 14.2 Å². The Balaban J connectivity index is 1.95. The van der Waals surface area contributed by atoms with Gasteiger partial charge in [0.05, 0.1) is 20.8 Å². The van der Waals surface area contributed by atoms with Gasteiger partial charge in [0.2, 0.25) is 5.88 Å². The van der Waals surface area contributed by atoms with Crippen LogP contribution in [-0.4, -0.2) is 35.1 Å². The summed E-state index contributed by atoms with van der Waals surface area (Å²) in [5.74, 6) is 0.620. The predicted molar refractivity (Wildman–Crippen MR) is 133 cm³/mol. The number of unbranched alkanes of at least 4 members (excludes halogenated alkanes) is 1. The SMILES string of the molecule is CCCCC(=Cc1cc(OCc2ccc(OC)cc2)nn(Cc2ccc(OC)cc2)c1=O)C(=O)O. The van der Waals surface area contributed by atoms with Crippen molar-refractivity contribution < 1.29 is 24.1 Å². The molecule has 3 rings (SSSR count). The maximum absolute atomic E-state index is 13.2. The number of rotatable bonds is 12. The summed E-state index contributed by atoms with van der Waals surface area (Å²) in [6.45, 7) is 2.40. The Morgan fingerprint density at radius 3 is 2.14 bits per heavy atom. The highest BCUT2D eigenvalue weighted by atomic mass is 16.5. The summed E-state index contributed by atoms with van der Waals surface area (Å²) >= 11 is 0. The molecule has 2 aromatic carbocycles. The lowest BCUT2D eigenvalue weighted by atomic mass is 10.1. The van der Waals surface area contributed by atoms with Gasteiger partial charge in [0.1, 0.15) is 18.1 Å². The number of aromatic nitrogens is 2. The second kappa shape index (κ2) is 12.4. The largest absolute Gasteiger partial charge is 0.497 e. The van der Waals surface area contributed by atoms with E-state index in [1.807, 2.05) is 43.3 Å². The molecule has 0 fully saturated rings. The van der Waals surface area contributed by atoms with E-state index in [4.69, 9.17) is 14.2 Å². The Bertz CT molecular complexity index is 1210. The van der Waals surface area contributed by atoms with Crippen LogP contribution in [0, 0.1) is 0 Å². The molecular formula is C27H30N2O6. The number of benzene rings is 2. The number of ether oxygens (including phenoxy) is 3. The average Bonchev–Trinajstić information content (AvgIpc) is 2.88. The van der Waals surface area contributed by atoms with Gasteiger partial charge in [-0.25, -0.2) is 9.48 Å². The van der Waals surface area contributed by atoms with E-state index in [-0.39, 0.29) is 30.2 Å². The first kappa shape index (κ1) is 25.6. The van der Waals surface area contributed by atoms with Gasteiger partial charge >= 0.3 is 5.97 Å². The van der Waals surface area contributed by atoms with Crippen LogP contribution in [0.1, 0.15) is 42.9 Å². The summed E-state index contributed by atoms with van der Waals surface area (Å²) < 4.78 is 17.6. The minimum atomic E-state index is -1.04. The number of carboxylic acids is 1. The van der Waals surface area contributed by atoms with Crippen LogP contribution < -0.4 is 19.8 Å². The van der Waals surface area contributed by atoms with E-state index in [0.717, 1.165) is 23.3 Å². The lowest BCUT2D eigenvalue weighted by Crippen LogP contribution is -2.26. The van der Waals surface area contributed by atoms with Crippen LogP contribution in [0.15, 0.2) is 65.0 Å². The lowest BCUT2D eigenvalue weighted by Gasteiger charge is -2.12. The van der Waals surface area contributed by atoms with E-state index in [0.29, 0.717) is 18.6 Å². The first-order valence-electron chi connectivity index (χ1n) is 11.4.